The molecule has 0 aliphatic rings. The molecule has 2 heterocycles. The van der Waals surface area contributed by atoms with Crippen LogP contribution >= 0.6 is 27.3 Å². The summed E-state index contributed by atoms with van der Waals surface area (Å²) in [5.74, 6) is 2.63. The molecule has 0 amide bonds. The zero-order valence-corrected chi connectivity index (χ0v) is 14.4. The Balaban J connectivity index is 2.12. The van der Waals surface area contributed by atoms with Gasteiger partial charge in [-0.25, -0.2) is 9.97 Å². The molecule has 6 heteroatoms. The first-order chi connectivity index (χ1) is 9.58. The highest BCUT2D eigenvalue weighted by Gasteiger charge is 2.08. The second kappa shape index (κ2) is 7.04. The van der Waals surface area contributed by atoms with E-state index in [2.05, 4.69) is 61.5 Å². The van der Waals surface area contributed by atoms with Gasteiger partial charge in [0, 0.05) is 34.4 Å². The third kappa shape index (κ3) is 4.18. The maximum Gasteiger partial charge on any atom is 0.134 e. The van der Waals surface area contributed by atoms with Crippen molar-refractivity contribution in [2.75, 3.05) is 23.8 Å². The van der Waals surface area contributed by atoms with Crippen molar-refractivity contribution in [2.45, 2.75) is 26.8 Å². The first-order valence-corrected chi connectivity index (χ1v) is 8.29. The molecular formula is C14H19BrN4S. The van der Waals surface area contributed by atoms with Crippen LogP contribution in [0.15, 0.2) is 22.0 Å². The second-order valence-corrected chi connectivity index (χ2v) is 6.58. The zero-order chi connectivity index (χ0) is 14.5. The van der Waals surface area contributed by atoms with Gasteiger partial charge in [-0.15, -0.1) is 11.3 Å². The molecule has 20 heavy (non-hydrogen) atoms. The summed E-state index contributed by atoms with van der Waals surface area (Å²) in [5.41, 5.74) is 0. The fraction of sp³-hybridized carbons (Fsp3) is 0.429. The normalized spacial score (nSPS) is 10.6. The van der Waals surface area contributed by atoms with E-state index in [4.69, 9.17) is 0 Å². The van der Waals surface area contributed by atoms with E-state index in [1.807, 2.05) is 13.0 Å². The summed E-state index contributed by atoms with van der Waals surface area (Å²) >= 11 is 5.23. The smallest absolute Gasteiger partial charge is 0.134 e. The summed E-state index contributed by atoms with van der Waals surface area (Å²) in [7, 11) is 2.05. The number of halogens is 1. The molecule has 2 aromatic rings. The number of hydrogen-bond donors (Lipinski definition) is 1. The molecular weight excluding hydrogens is 336 g/mol. The molecule has 0 saturated heterocycles. The third-order valence-corrected chi connectivity index (χ3v) is 4.47. The lowest BCUT2D eigenvalue weighted by Crippen LogP contribution is -2.18. The molecule has 0 atom stereocenters. The number of rotatable bonds is 6. The lowest BCUT2D eigenvalue weighted by Gasteiger charge is -2.18. The van der Waals surface area contributed by atoms with E-state index in [1.54, 1.807) is 11.3 Å². The van der Waals surface area contributed by atoms with Crippen molar-refractivity contribution in [3.05, 3.63) is 32.7 Å². The van der Waals surface area contributed by atoms with E-state index in [9.17, 15) is 0 Å². The van der Waals surface area contributed by atoms with Gasteiger partial charge in [0.2, 0.25) is 0 Å². The number of nitrogens with zero attached hydrogens (tertiary/aromatic N) is 3. The molecule has 1 N–H and O–H groups in total. The molecule has 108 valence electrons. The average Bonchev–Trinajstić information content (AvgIpc) is 2.81. The molecule has 2 rings (SSSR count). The topological polar surface area (TPSA) is 41.0 Å². The van der Waals surface area contributed by atoms with Crippen LogP contribution in [0.1, 0.15) is 24.0 Å². The second-order valence-electron chi connectivity index (χ2n) is 4.67. The molecule has 0 bridgehead atoms. The fourth-order valence-electron chi connectivity index (χ4n) is 1.84. The molecule has 0 spiro atoms. The summed E-state index contributed by atoms with van der Waals surface area (Å²) < 4.78 is 1.13. The van der Waals surface area contributed by atoms with Crippen LogP contribution in [0, 0.1) is 6.92 Å². The predicted octanol–water partition coefficient (Wildman–Crippen LogP) is 4.07. The minimum Gasteiger partial charge on any atom is -0.370 e. The highest BCUT2D eigenvalue weighted by Crippen LogP contribution is 2.23. The highest BCUT2D eigenvalue weighted by molar-refractivity contribution is 9.10. The largest absolute Gasteiger partial charge is 0.370 e. The molecule has 4 nitrogen and oxygen atoms in total. The van der Waals surface area contributed by atoms with Crippen LogP contribution < -0.4 is 10.2 Å². The van der Waals surface area contributed by atoms with E-state index in [-0.39, 0.29) is 0 Å². The van der Waals surface area contributed by atoms with Gasteiger partial charge in [-0.2, -0.15) is 0 Å². The molecule has 0 fully saturated rings. The summed E-state index contributed by atoms with van der Waals surface area (Å²) in [5, 5.41) is 5.42. The number of aryl methyl sites for hydroxylation is 1. The van der Waals surface area contributed by atoms with E-state index in [0.717, 1.165) is 41.4 Å². The van der Waals surface area contributed by atoms with Gasteiger partial charge >= 0.3 is 0 Å². The first kappa shape index (κ1) is 15.3. The van der Waals surface area contributed by atoms with Gasteiger partial charge < -0.3 is 10.2 Å². The monoisotopic (exact) mass is 354 g/mol. The number of thiophene rings is 1. The minimum absolute atomic E-state index is 0.792. The summed E-state index contributed by atoms with van der Waals surface area (Å²) in [6.07, 6.45) is 1.08. The van der Waals surface area contributed by atoms with Crippen molar-refractivity contribution in [3.8, 4) is 0 Å². The molecule has 0 aliphatic heterocycles. The lowest BCUT2D eigenvalue weighted by atomic mass is 10.4. The van der Waals surface area contributed by atoms with Crippen LogP contribution in [0.25, 0.3) is 0 Å². The van der Waals surface area contributed by atoms with Gasteiger partial charge in [0.05, 0.1) is 6.54 Å². The minimum atomic E-state index is 0.792. The molecule has 0 saturated carbocycles. The Morgan fingerprint density at radius 1 is 1.35 bits per heavy atom. The molecule has 0 aromatic carbocycles. The maximum absolute atomic E-state index is 4.51. The standard InChI is InChI=1S/C14H19BrN4S/c1-4-5-16-13-7-14(18-10(2)17-13)19(3)8-12-6-11(15)9-20-12/h6-7,9H,4-5,8H2,1-3H3,(H,16,17,18). The van der Waals surface area contributed by atoms with Crippen molar-refractivity contribution in [3.63, 3.8) is 0 Å². The Morgan fingerprint density at radius 2 is 2.15 bits per heavy atom. The van der Waals surface area contributed by atoms with Gasteiger partial charge in [0.1, 0.15) is 17.5 Å². The van der Waals surface area contributed by atoms with Crippen molar-refractivity contribution < 1.29 is 0 Å². The lowest BCUT2D eigenvalue weighted by molar-refractivity contribution is 0.886. The Hall–Kier alpha value is -1.14. The van der Waals surface area contributed by atoms with E-state index in [1.165, 1.54) is 4.88 Å². The number of hydrogen-bond acceptors (Lipinski definition) is 5. The van der Waals surface area contributed by atoms with Crippen LogP contribution in [0.2, 0.25) is 0 Å². The van der Waals surface area contributed by atoms with Gasteiger partial charge in [-0.1, -0.05) is 6.92 Å². The Kier molecular flexibility index (Phi) is 5.37. The Labute approximate surface area is 132 Å². The first-order valence-electron chi connectivity index (χ1n) is 6.62. The summed E-state index contributed by atoms with van der Waals surface area (Å²) in [6.45, 7) is 5.84. The Morgan fingerprint density at radius 3 is 2.80 bits per heavy atom. The predicted molar refractivity (Wildman–Crippen MR) is 89.7 cm³/mol. The van der Waals surface area contributed by atoms with Crippen LogP contribution in [0.4, 0.5) is 11.6 Å². The molecule has 0 radical (unpaired) electrons. The third-order valence-electron chi connectivity index (χ3n) is 2.79. The molecule has 0 aliphatic carbocycles. The molecule has 0 unspecified atom stereocenters. The number of nitrogens with one attached hydrogen (secondary N) is 1. The summed E-state index contributed by atoms with van der Waals surface area (Å²) in [6, 6.07) is 4.15. The van der Waals surface area contributed by atoms with Crippen LogP contribution in [0.5, 0.6) is 0 Å². The van der Waals surface area contributed by atoms with Gasteiger partial charge in [0.15, 0.2) is 0 Å². The number of anilines is 2. The molecule has 2 aromatic heterocycles. The van der Waals surface area contributed by atoms with Gasteiger partial charge in [-0.05, 0) is 35.3 Å². The van der Waals surface area contributed by atoms with Crippen LogP contribution in [-0.2, 0) is 6.54 Å². The zero-order valence-electron chi connectivity index (χ0n) is 12.0. The highest BCUT2D eigenvalue weighted by atomic mass is 79.9. The van der Waals surface area contributed by atoms with Crippen LogP contribution in [-0.4, -0.2) is 23.6 Å². The maximum atomic E-state index is 4.51. The quantitative estimate of drug-likeness (QED) is 0.848. The van der Waals surface area contributed by atoms with Crippen molar-refractivity contribution in [1.29, 1.82) is 0 Å². The van der Waals surface area contributed by atoms with Gasteiger partial charge in [0.25, 0.3) is 0 Å². The average molecular weight is 355 g/mol. The van der Waals surface area contributed by atoms with E-state index < -0.39 is 0 Å². The van der Waals surface area contributed by atoms with Crippen molar-refractivity contribution in [2.24, 2.45) is 0 Å². The Bertz CT molecular complexity index is 570. The fourth-order valence-corrected chi connectivity index (χ4v) is 3.35. The van der Waals surface area contributed by atoms with E-state index in [0.29, 0.717) is 0 Å². The van der Waals surface area contributed by atoms with E-state index >= 15 is 0 Å². The van der Waals surface area contributed by atoms with Crippen molar-refractivity contribution >= 4 is 38.9 Å². The van der Waals surface area contributed by atoms with Gasteiger partial charge in [-0.3, -0.25) is 0 Å². The summed E-state index contributed by atoms with van der Waals surface area (Å²) in [4.78, 5) is 12.4. The van der Waals surface area contributed by atoms with Crippen molar-refractivity contribution in [1.82, 2.24) is 9.97 Å². The van der Waals surface area contributed by atoms with Crippen LogP contribution in [0.3, 0.4) is 0 Å². The number of aromatic nitrogens is 2. The SMILES string of the molecule is CCCNc1cc(N(C)Cc2cc(Br)cs2)nc(C)n1.